The van der Waals surface area contributed by atoms with Crippen LogP contribution in [-0.4, -0.2) is 19.2 Å². The standard InChI is InChI=1S/C17H26N2O2/c1-13-5-3-4-6-16(13)19-17(20)18-11-14-7-9-15(10-8-14)12-21-2/h7-10,13,16H,3-6,11-12H2,1-2H3,(H2,18,19,20). The fourth-order valence-electron chi connectivity index (χ4n) is 2.85. The summed E-state index contributed by atoms with van der Waals surface area (Å²) in [6, 6.07) is 8.37. The second-order valence-corrected chi connectivity index (χ2v) is 5.94. The number of nitrogens with one attached hydrogen (secondary N) is 2. The highest BCUT2D eigenvalue weighted by Gasteiger charge is 2.22. The number of hydrogen-bond acceptors (Lipinski definition) is 2. The average Bonchev–Trinajstić information content (AvgIpc) is 2.49. The number of amides is 2. The molecule has 4 nitrogen and oxygen atoms in total. The van der Waals surface area contributed by atoms with Gasteiger partial charge in [0.1, 0.15) is 0 Å². The van der Waals surface area contributed by atoms with Crippen LogP contribution in [-0.2, 0) is 17.9 Å². The Morgan fingerprint density at radius 3 is 2.52 bits per heavy atom. The molecule has 1 saturated carbocycles. The van der Waals surface area contributed by atoms with Crippen molar-refractivity contribution in [3.05, 3.63) is 35.4 Å². The van der Waals surface area contributed by atoms with Gasteiger partial charge in [-0.25, -0.2) is 4.79 Å². The highest BCUT2D eigenvalue weighted by molar-refractivity contribution is 5.74. The summed E-state index contributed by atoms with van der Waals surface area (Å²) in [5.74, 6) is 0.581. The molecule has 2 amide bonds. The maximum atomic E-state index is 12.0. The van der Waals surface area contributed by atoms with Gasteiger partial charge in [-0.05, 0) is 29.9 Å². The Hall–Kier alpha value is -1.55. The molecule has 4 heteroatoms. The topological polar surface area (TPSA) is 50.4 Å². The number of hydrogen-bond donors (Lipinski definition) is 2. The van der Waals surface area contributed by atoms with Crippen LogP contribution < -0.4 is 10.6 Å². The predicted octanol–water partition coefficient (Wildman–Crippen LogP) is 3.21. The summed E-state index contributed by atoms with van der Waals surface area (Å²) in [5, 5.41) is 6.04. The van der Waals surface area contributed by atoms with Crippen LogP contribution in [0.2, 0.25) is 0 Å². The summed E-state index contributed by atoms with van der Waals surface area (Å²) < 4.78 is 5.08. The van der Waals surface area contributed by atoms with Gasteiger partial charge in [0.05, 0.1) is 6.61 Å². The van der Waals surface area contributed by atoms with Gasteiger partial charge in [0.15, 0.2) is 0 Å². The molecule has 0 radical (unpaired) electrons. The van der Waals surface area contributed by atoms with E-state index >= 15 is 0 Å². The van der Waals surface area contributed by atoms with Gasteiger partial charge in [-0.3, -0.25) is 0 Å². The second kappa shape index (κ2) is 8.03. The summed E-state index contributed by atoms with van der Waals surface area (Å²) in [4.78, 5) is 12.0. The first kappa shape index (κ1) is 15.8. The predicted molar refractivity (Wildman–Crippen MR) is 83.9 cm³/mol. The van der Waals surface area contributed by atoms with Gasteiger partial charge in [-0.15, -0.1) is 0 Å². The maximum Gasteiger partial charge on any atom is 0.315 e. The Morgan fingerprint density at radius 2 is 1.86 bits per heavy atom. The van der Waals surface area contributed by atoms with Crippen LogP contribution >= 0.6 is 0 Å². The number of ether oxygens (including phenoxy) is 1. The van der Waals surface area contributed by atoms with Gasteiger partial charge in [-0.1, -0.05) is 44.0 Å². The number of rotatable bonds is 5. The lowest BCUT2D eigenvalue weighted by Gasteiger charge is -2.29. The van der Waals surface area contributed by atoms with Gasteiger partial charge < -0.3 is 15.4 Å². The number of carbonyl (C=O) groups excluding carboxylic acids is 1. The van der Waals surface area contributed by atoms with Crippen molar-refractivity contribution in [2.75, 3.05) is 7.11 Å². The Labute approximate surface area is 127 Å². The minimum atomic E-state index is -0.0604. The van der Waals surface area contributed by atoms with E-state index in [0.29, 0.717) is 25.1 Å². The molecule has 2 N–H and O–H groups in total. The van der Waals surface area contributed by atoms with Crippen LogP contribution in [0.4, 0.5) is 4.79 Å². The molecule has 0 heterocycles. The Kier molecular flexibility index (Phi) is 6.05. The molecule has 0 aliphatic heterocycles. The van der Waals surface area contributed by atoms with Crippen LogP contribution in [0.5, 0.6) is 0 Å². The smallest absolute Gasteiger partial charge is 0.315 e. The van der Waals surface area contributed by atoms with Gasteiger partial charge >= 0.3 is 6.03 Å². The van der Waals surface area contributed by atoms with E-state index in [0.717, 1.165) is 17.5 Å². The molecule has 2 rings (SSSR count). The van der Waals surface area contributed by atoms with Crippen LogP contribution in [0, 0.1) is 5.92 Å². The van der Waals surface area contributed by atoms with E-state index in [2.05, 4.69) is 17.6 Å². The zero-order valence-electron chi connectivity index (χ0n) is 13.0. The third-order valence-corrected chi connectivity index (χ3v) is 4.22. The van der Waals surface area contributed by atoms with Crippen molar-refractivity contribution in [1.82, 2.24) is 10.6 Å². The molecule has 1 aromatic rings. The Balaban J connectivity index is 1.75. The SMILES string of the molecule is COCc1ccc(CNC(=O)NC2CCCCC2C)cc1. The van der Waals surface area contributed by atoms with Gasteiger partial charge in [0, 0.05) is 19.7 Å². The van der Waals surface area contributed by atoms with Crippen molar-refractivity contribution in [2.24, 2.45) is 5.92 Å². The van der Waals surface area contributed by atoms with E-state index < -0.39 is 0 Å². The van der Waals surface area contributed by atoms with Crippen molar-refractivity contribution < 1.29 is 9.53 Å². The number of methoxy groups -OCH3 is 1. The van der Waals surface area contributed by atoms with Crippen molar-refractivity contribution in [1.29, 1.82) is 0 Å². The molecule has 2 unspecified atom stereocenters. The largest absolute Gasteiger partial charge is 0.380 e. The van der Waals surface area contributed by atoms with Crippen LogP contribution in [0.15, 0.2) is 24.3 Å². The first-order valence-corrected chi connectivity index (χ1v) is 7.80. The van der Waals surface area contributed by atoms with Gasteiger partial charge in [0.2, 0.25) is 0 Å². The number of urea groups is 1. The third kappa shape index (κ3) is 5.05. The van der Waals surface area contributed by atoms with Gasteiger partial charge in [0.25, 0.3) is 0 Å². The Morgan fingerprint density at radius 1 is 1.19 bits per heavy atom. The zero-order chi connectivity index (χ0) is 15.1. The van der Waals surface area contributed by atoms with E-state index in [1.807, 2.05) is 24.3 Å². The summed E-state index contributed by atoms with van der Waals surface area (Å²) in [5.41, 5.74) is 2.24. The average molecular weight is 290 g/mol. The minimum absolute atomic E-state index is 0.0604. The second-order valence-electron chi connectivity index (χ2n) is 5.94. The Bertz CT molecular complexity index is 445. The molecule has 1 fully saturated rings. The summed E-state index contributed by atoms with van der Waals surface area (Å²) in [6.07, 6.45) is 4.82. The molecule has 21 heavy (non-hydrogen) atoms. The first-order valence-electron chi connectivity index (χ1n) is 7.80. The van der Waals surface area contributed by atoms with Crippen molar-refractivity contribution in [3.63, 3.8) is 0 Å². The normalized spacial score (nSPS) is 21.8. The summed E-state index contributed by atoms with van der Waals surface area (Å²) in [7, 11) is 1.69. The third-order valence-electron chi connectivity index (χ3n) is 4.22. The number of benzene rings is 1. The highest BCUT2D eigenvalue weighted by Crippen LogP contribution is 2.23. The molecule has 116 valence electrons. The van der Waals surface area contributed by atoms with Crippen LogP contribution in [0.25, 0.3) is 0 Å². The lowest BCUT2D eigenvalue weighted by Crippen LogP contribution is -2.45. The van der Waals surface area contributed by atoms with Crippen molar-refractivity contribution >= 4 is 6.03 Å². The molecular formula is C17H26N2O2. The number of carbonyl (C=O) groups is 1. The zero-order valence-corrected chi connectivity index (χ0v) is 13.0. The molecule has 0 spiro atoms. The van der Waals surface area contributed by atoms with Crippen LogP contribution in [0.3, 0.4) is 0 Å². The molecule has 1 aromatic carbocycles. The van der Waals surface area contributed by atoms with E-state index in [1.165, 1.54) is 19.3 Å². The molecule has 0 bridgehead atoms. The van der Waals surface area contributed by atoms with E-state index in [4.69, 9.17) is 4.74 Å². The monoisotopic (exact) mass is 290 g/mol. The van der Waals surface area contributed by atoms with Gasteiger partial charge in [-0.2, -0.15) is 0 Å². The molecule has 1 aliphatic carbocycles. The minimum Gasteiger partial charge on any atom is -0.380 e. The molecule has 2 atom stereocenters. The summed E-state index contributed by atoms with van der Waals surface area (Å²) in [6.45, 7) is 3.40. The fraction of sp³-hybridized carbons (Fsp3) is 0.588. The van der Waals surface area contributed by atoms with Crippen molar-refractivity contribution in [3.8, 4) is 0 Å². The van der Waals surface area contributed by atoms with E-state index in [9.17, 15) is 4.79 Å². The maximum absolute atomic E-state index is 12.0. The fourth-order valence-corrected chi connectivity index (χ4v) is 2.85. The molecular weight excluding hydrogens is 264 g/mol. The first-order chi connectivity index (χ1) is 10.2. The molecule has 0 aromatic heterocycles. The lowest BCUT2D eigenvalue weighted by atomic mass is 9.86. The molecule has 0 saturated heterocycles. The van der Waals surface area contributed by atoms with E-state index in [1.54, 1.807) is 7.11 Å². The summed E-state index contributed by atoms with van der Waals surface area (Å²) >= 11 is 0. The van der Waals surface area contributed by atoms with E-state index in [-0.39, 0.29) is 6.03 Å². The highest BCUT2D eigenvalue weighted by atomic mass is 16.5. The lowest BCUT2D eigenvalue weighted by molar-refractivity contribution is 0.185. The van der Waals surface area contributed by atoms with Crippen LogP contribution in [0.1, 0.15) is 43.7 Å². The van der Waals surface area contributed by atoms with Crippen molar-refractivity contribution in [2.45, 2.75) is 51.8 Å². The quantitative estimate of drug-likeness (QED) is 0.875. The molecule has 1 aliphatic rings.